The Morgan fingerprint density at radius 1 is 1.20 bits per heavy atom. The smallest absolute Gasteiger partial charge is 0.255 e. The highest BCUT2D eigenvalue weighted by molar-refractivity contribution is 14.1. The molecule has 2 aromatic rings. The lowest BCUT2D eigenvalue weighted by molar-refractivity contribution is 0.102. The number of thiocarbonyl (C=S) groups is 1. The molecule has 3 nitrogen and oxygen atoms in total. The summed E-state index contributed by atoms with van der Waals surface area (Å²) in [7, 11) is 0. The summed E-state index contributed by atoms with van der Waals surface area (Å²) in [6.07, 6.45) is 0. The summed E-state index contributed by atoms with van der Waals surface area (Å²) in [6.45, 7) is 0. The van der Waals surface area contributed by atoms with Crippen molar-refractivity contribution < 1.29 is 4.79 Å². The zero-order valence-electron chi connectivity index (χ0n) is 10.2. The number of benzene rings is 2. The van der Waals surface area contributed by atoms with Crippen LogP contribution in [-0.2, 0) is 0 Å². The first-order valence-electron chi connectivity index (χ1n) is 5.63. The minimum Gasteiger partial charge on any atom is -0.389 e. The zero-order chi connectivity index (χ0) is 14.7. The number of rotatable bonds is 3. The Labute approximate surface area is 140 Å². The first kappa shape index (κ1) is 15.2. The number of anilines is 1. The number of nitrogens with two attached hydrogens (primary N) is 1. The van der Waals surface area contributed by atoms with Gasteiger partial charge in [-0.2, -0.15) is 0 Å². The average Bonchev–Trinajstić information content (AvgIpc) is 2.39. The van der Waals surface area contributed by atoms with Gasteiger partial charge in [0.2, 0.25) is 0 Å². The Balaban J connectivity index is 2.29. The molecule has 102 valence electrons. The molecule has 0 bridgehead atoms. The van der Waals surface area contributed by atoms with Gasteiger partial charge in [-0.15, -0.1) is 0 Å². The Morgan fingerprint density at radius 3 is 2.45 bits per heavy atom. The second kappa shape index (κ2) is 6.51. The van der Waals surface area contributed by atoms with Gasteiger partial charge in [-0.1, -0.05) is 23.8 Å². The second-order valence-corrected chi connectivity index (χ2v) is 6.14. The first-order valence-corrected chi connectivity index (χ1v) is 7.50. The van der Waals surface area contributed by atoms with Crippen LogP contribution in [0.1, 0.15) is 15.9 Å². The van der Waals surface area contributed by atoms with Crippen molar-refractivity contribution in [3.63, 3.8) is 0 Å². The van der Waals surface area contributed by atoms with Crippen molar-refractivity contribution in [2.45, 2.75) is 0 Å². The largest absolute Gasteiger partial charge is 0.389 e. The van der Waals surface area contributed by atoms with Crippen molar-refractivity contribution in [2.24, 2.45) is 5.73 Å². The highest BCUT2D eigenvalue weighted by atomic mass is 127. The van der Waals surface area contributed by atoms with Crippen LogP contribution in [0, 0.1) is 3.57 Å². The molecule has 2 rings (SSSR count). The SMILES string of the molecule is NC(=S)c1ccc(Cl)cc1NC(=O)c1ccc(I)cc1. The molecule has 0 heterocycles. The van der Waals surface area contributed by atoms with Crippen molar-refractivity contribution in [1.82, 2.24) is 0 Å². The van der Waals surface area contributed by atoms with Crippen molar-refractivity contribution >= 4 is 63.0 Å². The van der Waals surface area contributed by atoms with Crippen molar-refractivity contribution in [1.29, 1.82) is 0 Å². The van der Waals surface area contributed by atoms with Crippen LogP contribution in [0.4, 0.5) is 5.69 Å². The lowest BCUT2D eigenvalue weighted by Crippen LogP contribution is -2.17. The van der Waals surface area contributed by atoms with E-state index in [4.69, 9.17) is 29.6 Å². The van der Waals surface area contributed by atoms with Crippen LogP contribution >= 0.6 is 46.4 Å². The normalized spacial score (nSPS) is 10.1. The number of carbonyl (C=O) groups excluding carboxylic acids is 1. The molecule has 0 spiro atoms. The fourth-order valence-corrected chi connectivity index (χ4v) is 2.34. The molecular weight excluding hydrogens is 407 g/mol. The molecule has 1 amide bonds. The fourth-order valence-electron chi connectivity index (χ4n) is 1.63. The lowest BCUT2D eigenvalue weighted by atomic mass is 10.1. The molecule has 0 saturated carbocycles. The van der Waals surface area contributed by atoms with E-state index in [1.165, 1.54) is 0 Å². The van der Waals surface area contributed by atoms with Gasteiger partial charge in [-0.3, -0.25) is 4.79 Å². The Kier molecular flexibility index (Phi) is 4.95. The van der Waals surface area contributed by atoms with Gasteiger partial charge in [0, 0.05) is 19.7 Å². The van der Waals surface area contributed by atoms with E-state index in [9.17, 15) is 4.79 Å². The van der Waals surface area contributed by atoms with E-state index in [-0.39, 0.29) is 10.9 Å². The van der Waals surface area contributed by atoms with Crippen molar-refractivity contribution in [2.75, 3.05) is 5.32 Å². The molecule has 0 aliphatic carbocycles. The predicted molar refractivity (Wildman–Crippen MR) is 94.5 cm³/mol. The standard InChI is InChI=1S/C14H10ClIN2OS/c15-9-3-6-11(13(17)20)12(7-9)18-14(19)8-1-4-10(16)5-2-8/h1-7H,(H2,17,20)(H,18,19). The quantitative estimate of drug-likeness (QED) is 0.591. The molecule has 0 unspecified atom stereocenters. The summed E-state index contributed by atoms with van der Waals surface area (Å²) in [4.78, 5) is 12.4. The van der Waals surface area contributed by atoms with E-state index in [1.54, 1.807) is 30.3 Å². The Bertz CT molecular complexity index is 673. The van der Waals surface area contributed by atoms with Crippen LogP contribution < -0.4 is 11.1 Å². The lowest BCUT2D eigenvalue weighted by Gasteiger charge is -2.10. The number of hydrogen-bond acceptors (Lipinski definition) is 2. The molecule has 0 fully saturated rings. The van der Waals surface area contributed by atoms with E-state index in [2.05, 4.69) is 27.9 Å². The van der Waals surface area contributed by atoms with Gasteiger partial charge in [0.05, 0.1) is 5.69 Å². The highest BCUT2D eigenvalue weighted by Crippen LogP contribution is 2.22. The maximum atomic E-state index is 12.2. The molecule has 0 aliphatic rings. The molecule has 0 aliphatic heterocycles. The summed E-state index contributed by atoms with van der Waals surface area (Å²) in [5, 5.41) is 3.28. The summed E-state index contributed by atoms with van der Waals surface area (Å²) in [6, 6.07) is 12.2. The third-order valence-corrected chi connectivity index (χ3v) is 3.78. The van der Waals surface area contributed by atoms with Crippen LogP contribution in [0.3, 0.4) is 0 Å². The van der Waals surface area contributed by atoms with E-state index >= 15 is 0 Å². The number of nitrogens with one attached hydrogen (secondary N) is 1. The van der Waals surface area contributed by atoms with Gasteiger partial charge < -0.3 is 11.1 Å². The minimum atomic E-state index is -0.235. The number of carbonyl (C=O) groups is 1. The third kappa shape index (κ3) is 3.68. The maximum absolute atomic E-state index is 12.2. The molecule has 0 atom stereocenters. The number of halogens is 2. The first-order chi connectivity index (χ1) is 9.47. The van der Waals surface area contributed by atoms with Gasteiger partial charge in [0.1, 0.15) is 4.99 Å². The zero-order valence-corrected chi connectivity index (χ0v) is 13.9. The molecule has 3 N–H and O–H groups in total. The highest BCUT2D eigenvalue weighted by Gasteiger charge is 2.11. The summed E-state index contributed by atoms with van der Waals surface area (Å²) >= 11 is 13.1. The average molecular weight is 417 g/mol. The van der Waals surface area contributed by atoms with E-state index in [1.807, 2.05) is 12.1 Å². The van der Waals surface area contributed by atoms with Crippen LogP contribution in [0.15, 0.2) is 42.5 Å². The fraction of sp³-hybridized carbons (Fsp3) is 0. The van der Waals surface area contributed by atoms with Crippen LogP contribution in [0.2, 0.25) is 5.02 Å². The summed E-state index contributed by atoms with van der Waals surface area (Å²) in [5.74, 6) is -0.235. The van der Waals surface area contributed by atoms with Crippen molar-refractivity contribution in [3.05, 3.63) is 62.2 Å². The molecule has 0 radical (unpaired) electrons. The van der Waals surface area contributed by atoms with Crippen LogP contribution in [-0.4, -0.2) is 10.9 Å². The predicted octanol–water partition coefficient (Wildman–Crippen LogP) is 3.83. The number of hydrogen-bond donors (Lipinski definition) is 2. The molecule has 0 aromatic heterocycles. The summed E-state index contributed by atoms with van der Waals surface area (Å²) < 4.78 is 1.06. The van der Waals surface area contributed by atoms with Gasteiger partial charge in [0.25, 0.3) is 5.91 Å². The topological polar surface area (TPSA) is 55.1 Å². The second-order valence-electron chi connectivity index (χ2n) is 4.02. The van der Waals surface area contributed by atoms with Gasteiger partial charge in [-0.05, 0) is 65.1 Å². The van der Waals surface area contributed by atoms with Gasteiger partial charge >= 0.3 is 0 Å². The molecule has 0 saturated heterocycles. The van der Waals surface area contributed by atoms with E-state index in [0.717, 1.165) is 3.57 Å². The Hall–Kier alpha value is -1.18. The van der Waals surface area contributed by atoms with Crippen LogP contribution in [0.5, 0.6) is 0 Å². The van der Waals surface area contributed by atoms with Crippen molar-refractivity contribution in [3.8, 4) is 0 Å². The number of amides is 1. The van der Waals surface area contributed by atoms with Gasteiger partial charge in [-0.25, -0.2) is 0 Å². The molecule has 6 heteroatoms. The monoisotopic (exact) mass is 416 g/mol. The van der Waals surface area contributed by atoms with E-state index in [0.29, 0.717) is 21.8 Å². The third-order valence-electron chi connectivity index (χ3n) is 2.60. The van der Waals surface area contributed by atoms with Gasteiger partial charge in [0.15, 0.2) is 0 Å². The maximum Gasteiger partial charge on any atom is 0.255 e. The van der Waals surface area contributed by atoms with Crippen LogP contribution in [0.25, 0.3) is 0 Å². The van der Waals surface area contributed by atoms with E-state index < -0.39 is 0 Å². The summed E-state index contributed by atoms with van der Waals surface area (Å²) in [5.41, 5.74) is 7.28. The molecule has 20 heavy (non-hydrogen) atoms. The minimum absolute atomic E-state index is 0.208. The molecule has 2 aromatic carbocycles. The Morgan fingerprint density at radius 2 is 1.85 bits per heavy atom. The molecular formula is C14H10ClIN2OS.